The number of aliphatic hydroxyl groups is 1. The van der Waals surface area contributed by atoms with Crippen molar-refractivity contribution >= 4 is 5.95 Å². The van der Waals surface area contributed by atoms with Crippen LogP contribution in [0.25, 0.3) is 0 Å². The van der Waals surface area contributed by atoms with E-state index in [1.807, 2.05) is 17.8 Å². The second kappa shape index (κ2) is 4.66. The van der Waals surface area contributed by atoms with E-state index >= 15 is 0 Å². The second-order valence-electron chi connectivity index (χ2n) is 4.38. The van der Waals surface area contributed by atoms with E-state index in [2.05, 4.69) is 10.3 Å². The average molecular weight is 209 g/mol. The number of anilines is 1. The fraction of sp³-hybridized carbons (Fsp3) is 0.727. The van der Waals surface area contributed by atoms with Crippen molar-refractivity contribution in [3.05, 3.63) is 12.4 Å². The summed E-state index contributed by atoms with van der Waals surface area (Å²) < 4.78 is 1.98. The van der Waals surface area contributed by atoms with Crippen molar-refractivity contribution in [2.75, 3.05) is 18.5 Å². The summed E-state index contributed by atoms with van der Waals surface area (Å²) in [7, 11) is 1.98. The highest BCUT2D eigenvalue weighted by Gasteiger charge is 2.26. The maximum absolute atomic E-state index is 9.20. The molecule has 2 N–H and O–H groups in total. The van der Waals surface area contributed by atoms with Crippen LogP contribution in [0.3, 0.4) is 0 Å². The summed E-state index contributed by atoms with van der Waals surface area (Å²) in [6.07, 6.45) is 7.37. The van der Waals surface area contributed by atoms with Crippen LogP contribution in [0.15, 0.2) is 12.4 Å². The van der Waals surface area contributed by atoms with Crippen molar-refractivity contribution in [2.24, 2.45) is 18.9 Å². The standard InChI is InChI=1S/C11H19N3O/c1-14-6-5-12-11(14)13-7-9-3-2-4-10(9)8-15/h5-6,9-10,15H,2-4,7-8H2,1H3,(H,12,13). The van der Waals surface area contributed by atoms with Gasteiger partial charge in [-0.25, -0.2) is 4.98 Å². The van der Waals surface area contributed by atoms with Crippen molar-refractivity contribution in [3.63, 3.8) is 0 Å². The SMILES string of the molecule is Cn1ccnc1NCC1CCCC1CO. The zero-order chi connectivity index (χ0) is 10.7. The second-order valence-corrected chi connectivity index (χ2v) is 4.38. The number of hydrogen-bond acceptors (Lipinski definition) is 3. The summed E-state index contributed by atoms with van der Waals surface area (Å²) >= 11 is 0. The first-order chi connectivity index (χ1) is 7.31. The quantitative estimate of drug-likeness (QED) is 0.784. The van der Waals surface area contributed by atoms with Gasteiger partial charge in [0, 0.05) is 32.6 Å². The molecule has 1 fully saturated rings. The third-order valence-corrected chi connectivity index (χ3v) is 3.39. The Labute approximate surface area is 90.3 Å². The van der Waals surface area contributed by atoms with E-state index < -0.39 is 0 Å². The lowest BCUT2D eigenvalue weighted by atomic mass is 9.97. The van der Waals surface area contributed by atoms with Crippen LogP contribution in [0.4, 0.5) is 5.95 Å². The van der Waals surface area contributed by atoms with E-state index in [4.69, 9.17) is 0 Å². The molecule has 0 spiro atoms. The molecule has 15 heavy (non-hydrogen) atoms. The number of aliphatic hydroxyl groups excluding tert-OH is 1. The Kier molecular flexibility index (Phi) is 3.26. The Morgan fingerprint density at radius 3 is 3.00 bits per heavy atom. The van der Waals surface area contributed by atoms with E-state index in [0.29, 0.717) is 18.4 Å². The first-order valence-electron chi connectivity index (χ1n) is 5.63. The van der Waals surface area contributed by atoms with Crippen LogP contribution >= 0.6 is 0 Å². The number of aromatic nitrogens is 2. The van der Waals surface area contributed by atoms with Gasteiger partial charge in [-0.05, 0) is 24.7 Å². The van der Waals surface area contributed by atoms with Gasteiger partial charge in [0.2, 0.25) is 5.95 Å². The molecule has 4 heteroatoms. The molecule has 2 rings (SSSR count). The summed E-state index contributed by atoms with van der Waals surface area (Å²) in [6.45, 7) is 1.25. The fourth-order valence-corrected chi connectivity index (χ4v) is 2.38. The number of hydrogen-bond donors (Lipinski definition) is 2. The van der Waals surface area contributed by atoms with Crippen LogP contribution in [0.1, 0.15) is 19.3 Å². The highest BCUT2D eigenvalue weighted by atomic mass is 16.3. The molecule has 1 aromatic heterocycles. The minimum Gasteiger partial charge on any atom is -0.396 e. The minimum atomic E-state index is 0.326. The molecule has 1 aromatic rings. The summed E-state index contributed by atoms with van der Waals surface area (Å²) in [5.74, 6) is 2.00. The molecule has 84 valence electrons. The van der Waals surface area contributed by atoms with Crippen molar-refractivity contribution in [2.45, 2.75) is 19.3 Å². The molecule has 0 aromatic carbocycles. The van der Waals surface area contributed by atoms with E-state index in [1.54, 1.807) is 6.20 Å². The number of rotatable bonds is 4. The summed E-state index contributed by atoms with van der Waals surface area (Å²) in [5, 5.41) is 12.5. The fourth-order valence-electron chi connectivity index (χ4n) is 2.38. The molecule has 0 aliphatic heterocycles. The first kappa shape index (κ1) is 10.5. The molecule has 1 heterocycles. The smallest absolute Gasteiger partial charge is 0.202 e. The van der Waals surface area contributed by atoms with Crippen molar-refractivity contribution < 1.29 is 5.11 Å². The van der Waals surface area contributed by atoms with Gasteiger partial charge >= 0.3 is 0 Å². The van der Waals surface area contributed by atoms with Gasteiger partial charge in [0.05, 0.1) is 0 Å². The van der Waals surface area contributed by atoms with Crippen molar-refractivity contribution in [1.82, 2.24) is 9.55 Å². The van der Waals surface area contributed by atoms with E-state index in [-0.39, 0.29) is 0 Å². The van der Waals surface area contributed by atoms with Crippen LogP contribution in [0.5, 0.6) is 0 Å². The topological polar surface area (TPSA) is 50.1 Å². The Bertz CT molecular complexity index is 311. The van der Waals surface area contributed by atoms with E-state index in [0.717, 1.165) is 12.5 Å². The largest absolute Gasteiger partial charge is 0.396 e. The highest BCUT2D eigenvalue weighted by Crippen LogP contribution is 2.31. The molecular formula is C11H19N3O. The van der Waals surface area contributed by atoms with Crippen LogP contribution in [0.2, 0.25) is 0 Å². The van der Waals surface area contributed by atoms with Crippen molar-refractivity contribution in [3.8, 4) is 0 Å². The molecule has 2 unspecified atom stereocenters. The van der Waals surface area contributed by atoms with Crippen LogP contribution in [0, 0.1) is 11.8 Å². The van der Waals surface area contributed by atoms with Crippen LogP contribution in [-0.2, 0) is 7.05 Å². The zero-order valence-corrected chi connectivity index (χ0v) is 9.19. The van der Waals surface area contributed by atoms with E-state index in [1.165, 1.54) is 19.3 Å². The van der Waals surface area contributed by atoms with Gasteiger partial charge in [0.15, 0.2) is 0 Å². The van der Waals surface area contributed by atoms with Gasteiger partial charge < -0.3 is 15.0 Å². The minimum absolute atomic E-state index is 0.326. The summed E-state index contributed by atoms with van der Waals surface area (Å²) in [6, 6.07) is 0. The number of nitrogens with zero attached hydrogens (tertiary/aromatic N) is 2. The lowest BCUT2D eigenvalue weighted by molar-refractivity contribution is 0.198. The summed E-state index contributed by atoms with van der Waals surface area (Å²) in [4.78, 5) is 4.22. The van der Waals surface area contributed by atoms with Gasteiger partial charge in [-0.1, -0.05) is 6.42 Å². The zero-order valence-electron chi connectivity index (χ0n) is 9.19. The predicted octanol–water partition coefficient (Wildman–Crippen LogP) is 1.24. The van der Waals surface area contributed by atoms with E-state index in [9.17, 15) is 5.11 Å². The lowest BCUT2D eigenvalue weighted by Crippen LogP contribution is -2.21. The Morgan fingerprint density at radius 2 is 2.33 bits per heavy atom. The number of nitrogens with one attached hydrogen (secondary N) is 1. The molecule has 4 nitrogen and oxygen atoms in total. The van der Waals surface area contributed by atoms with Crippen molar-refractivity contribution in [1.29, 1.82) is 0 Å². The molecule has 0 saturated heterocycles. The van der Waals surface area contributed by atoms with Gasteiger partial charge in [-0.3, -0.25) is 0 Å². The average Bonchev–Trinajstić information content (AvgIpc) is 2.83. The summed E-state index contributed by atoms with van der Waals surface area (Å²) in [5.41, 5.74) is 0. The monoisotopic (exact) mass is 209 g/mol. The van der Waals surface area contributed by atoms with Gasteiger partial charge in [0.1, 0.15) is 0 Å². The lowest BCUT2D eigenvalue weighted by Gasteiger charge is -2.17. The normalized spacial score (nSPS) is 25.7. The molecule has 2 atom stereocenters. The molecule has 1 aliphatic rings. The molecule has 1 saturated carbocycles. The van der Waals surface area contributed by atoms with Crippen LogP contribution in [-0.4, -0.2) is 27.8 Å². The molecule has 0 amide bonds. The maximum Gasteiger partial charge on any atom is 0.202 e. The Balaban J connectivity index is 1.85. The maximum atomic E-state index is 9.20. The molecule has 0 bridgehead atoms. The molecule has 1 aliphatic carbocycles. The van der Waals surface area contributed by atoms with Gasteiger partial charge in [-0.15, -0.1) is 0 Å². The predicted molar refractivity (Wildman–Crippen MR) is 59.6 cm³/mol. The molecular weight excluding hydrogens is 190 g/mol. The van der Waals surface area contributed by atoms with Crippen LogP contribution < -0.4 is 5.32 Å². The Morgan fingerprint density at radius 1 is 1.53 bits per heavy atom. The Hall–Kier alpha value is -1.03. The third-order valence-electron chi connectivity index (χ3n) is 3.39. The number of imidazole rings is 1. The molecule has 0 radical (unpaired) electrons. The first-order valence-corrected chi connectivity index (χ1v) is 5.63. The van der Waals surface area contributed by atoms with Gasteiger partial charge in [0.25, 0.3) is 0 Å². The van der Waals surface area contributed by atoms with Gasteiger partial charge in [-0.2, -0.15) is 0 Å². The third kappa shape index (κ3) is 2.31. The number of aryl methyl sites for hydroxylation is 1. The highest BCUT2D eigenvalue weighted by molar-refractivity contribution is 5.25.